The van der Waals surface area contributed by atoms with Crippen molar-refractivity contribution >= 4 is 28.6 Å². The van der Waals surface area contributed by atoms with E-state index in [2.05, 4.69) is 19.9 Å². The van der Waals surface area contributed by atoms with Crippen molar-refractivity contribution in [3.05, 3.63) is 30.5 Å². The van der Waals surface area contributed by atoms with Gasteiger partial charge in [0.25, 0.3) is 0 Å². The molecule has 0 aliphatic carbocycles. The molecular formula is C16H17N7O. The highest BCUT2D eigenvalue weighted by Gasteiger charge is 2.19. The number of ether oxygens (including phenoxy) is 1. The molecular weight excluding hydrogens is 306 g/mol. The summed E-state index contributed by atoms with van der Waals surface area (Å²) in [5.74, 6) is 0.893. The predicted octanol–water partition coefficient (Wildman–Crippen LogP) is 1.09. The van der Waals surface area contributed by atoms with Crippen LogP contribution in [0.4, 0.5) is 17.5 Å². The van der Waals surface area contributed by atoms with Gasteiger partial charge in [0.15, 0.2) is 17.0 Å². The highest BCUT2D eigenvalue weighted by molar-refractivity contribution is 5.85. The van der Waals surface area contributed by atoms with Crippen LogP contribution >= 0.6 is 0 Å². The summed E-state index contributed by atoms with van der Waals surface area (Å²) >= 11 is 0. The second kappa shape index (κ2) is 5.89. The Morgan fingerprint density at radius 3 is 2.46 bits per heavy atom. The summed E-state index contributed by atoms with van der Waals surface area (Å²) in [6, 6.07) is 7.50. The Kier molecular flexibility index (Phi) is 3.58. The van der Waals surface area contributed by atoms with Crippen LogP contribution in [-0.4, -0.2) is 46.2 Å². The summed E-state index contributed by atoms with van der Waals surface area (Å²) in [7, 11) is 0. The van der Waals surface area contributed by atoms with Crippen molar-refractivity contribution in [2.45, 2.75) is 0 Å². The van der Waals surface area contributed by atoms with Gasteiger partial charge in [-0.1, -0.05) is 12.1 Å². The number of nitrogens with two attached hydrogens (primary N) is 2. The number of anilines is 3. The number of morpholine rings is 1. The maximum atomic E-state index is 5.84. The number of fused-ring (bicyclic) bond motifs is 1. The molecule has 1 aromatic carbocycles. The molecule has 8 nitrogen and oxygen atoms in total. The molecule has 122 valence electrons. The first-order chi connectivity index (χ1) is 11.7. The van der Waals surface area contributed by atoms with Crippen LogP contribution in [0.3, 0.4) is 0 Å². The molecule has 24 heavy (non-hydrogen) atoms. The summed E-state index contributed by atoms with van der Waals surface area (Å²) in [5, 5.41) is 0. The van der Waals surface area contributed by atoms with Gasteiger partial charge in [0, 0.05) is 24.3 Å². The van der Waals surface area contributed by atoms with E-state index in [0.717, 1.165) is 24.3 Å². The summed E-state index contributed by atoms with van der Waals surface area (Å²) < 4.78 is 5.40. The molecule has 0 saturated carbocycles. The molecule has 0 radical (unpaired) electrons. The van der Waals surface area contributed by atoms with Crippen LogP contribution in [0.25, 0.3) is 22.4 Å². The Bertz CT molecular complexity index is 875. The molecule has 1 aliphatic rings. The molecule has 1 aliphatic heterocycles. The highest BCUT2D eigenvalue weighted by atomic mass is 16.5. The van der Waals surface area contributed by atoms with Gasteiger partial charge in [-0.3, -0.25) is 0 Å². The van der Waals surface area contributed by atoms with Crippen LogP contribution in [0.1, 0.15) is 0 Å². The van der Waals surface area contributed by atoms with E-state index in [9.17, 15) is 0 Å². The molecule has 1 saturated heterocycles. The van der Waals surface area contributed by atoms with E-state index in [1.54, 1.807) is 6.20 Å². The first-order valence-corrected chi connectivity index (χ1v) is 7.69. The molecule has 0 amide bonds. The van der Waals surface area contributed by atoms with E-state index >= 15 is 0 Å². The molecule has 2 aromatic heterocycles. The summed E-state index contributed by atoms with van der Waals surface area (Å²) in [5.41, 5.74) is 15.1. The third kappa shape index (κ3) is 2.67. The zero-order chi connectivity index (χ0) is 16.5. The van der Waals surface area contributed by atoms with Crippen LogP contribution in [-0.2, 0) is 4.74 Å². The van der Waals surface area contributed by atoms with Crippen molar-refractivity contribution in [1.29, 1.82) is 0 Å². The lowest BCUT2D eigenvalue weighted by atomic mass is 10.1. The van der Waals surface area contributed by atoms with Crippen molar-refractivity contribution in [3.63, 3.8) is 0 Å². The van der Waals surface area contributed by atoms with Crippen molar-refractivity contribution < 1.29 is 4.74 Å². The number of hydrogen-bond acceptors (Lipinski definition) is 8. The minimum atomic E-state index is 0.193. The standard InChI is InChI=1S/C16H17N7O/c17-11-3-1-10(2-4-11)12-9-19-14-13(20-12)15(22-16(18)21-14)23-5-7-24-8-6-23/h1-4,9H,5-8,17H2,(H2,18,19,21,22). The van der Waals surface area contributed by atoms with Gasteiger partial charge in [-0.05, 0) is 12.1 Å². The van der Waals surface area contributed by atoms with Gasteiger partial charge in [0.2, 0.25) is 5.95 Å². The van der Waals surface area contributed by atoms with Crippen molar-refractivity contribution in [1.82, 2.24) is 19.9 Å². The summed E-state index contributed by atoms with van der Waals surface area (Å²) in [6.07, 6.45) is 1.68. The SMILES string of the molecule is Nc1ccc(-c2cnc3nc(N)nc(N4CCOCC4)c3n2)cc1. The van der Waals surface area contributed by atoms with E-state index in [1.165, 1.54) is 0 Å². The molecule has 4 rings (SSSR count). The second-order valence-electron chi connectivity index (χ2n) is 5.55. The molecule has 0 atom stereocenters. The number of nitrogen functional groups attached to an aromatic ring is 2. The number of rotatable bonds is 2. The Labute approximate surface area is 138 Å². The average Bonchev–Trinajstić information content (AvgIpc) is 2.62. The number of aromatic nitrogens is 4. The van der Waals surface area contributed by atoms with E-state index in [0.29, 0.717) is 35.9 Å². The molecule has 0 unspecified atom stereocenters. The van der Waals surface area contributed by atoms with Crippen LogP contribution in [0.15, 0.2) is 30.5 Å². The van der Waals surface area contributed by atoms with Crippen molar-refractivity contribution in [2.24, 2.45) is 0 Å². The molecule has 8 heteroatoms. The highest BCUT2D eigenvalue weighted by Crippen LogP contribution is 2.26. The van der Waals surface area contributed by atoms with Crippen LogP contribution < -0.4 is 16.4 Å². The van der Waals surface area contributed by atoms with Gasteiger partial charge in [-0.25, -0.2) is 9.97 Å². The largest absolute Gasteiger partial charge is 0.399 e. The Hall–Kier alpha value is -3.00. The normalized spacial score (nSPS) is 14.9. The molecule has 4 N–H and O–H groups in total. The number of nitrogens with zero attached hydrogens (tertiary/aromatic N) is 5. The summed E-state index contributed by atoms with van der Waals surface area (Å²) in [6.45, 7) is 2.77. The Morgan fingerprint density at radius 1 is 0.958 bits per heavy atom. The molecule has 3 heterocycles. The second-order valence-corrected chi connectivity index (χ2v) is 5.55. The van der Waals surface area contributed by atoms with Gasteiger partial charge in [-0.2, -0.15) is 9.97 Å². The first kappa shape index (κ1) is 14.6. The zero-order valence-electron chi connectivity index (χ0n) is 13.0. The predicted molar refractivity (Wildman–Crippen MR) is 92.4 cm³/mol. The van der Waals surface area contributed by atoms with Gasteiger partial charge < -0.3 is 21.1 Å². The lowest BCUT2D eigenvalue weighted by molar-refractivity contribution is 0.122. The van der Waals surface area contributed by atoms with Gasteiger partial charge in [0.05, 0.1) is 25.1 Å². The van der Waals surface area contributed by atoms with E-state index in [-0.39, 0.29) is 5.95 Å². The van der Waals surface area contributed by atoms with Gasteiger partial charge >= 0.3 is 0 Å². The quantitative estimate of drug-likeness (QED) is 0.673. The van der Waals surface area contributed by atoms with E-state index in [1.807, 2.05) is 24.3 Å². The first-order valence-electron chi connectivity index (χ1n) is 7.69. The number of benzene rings is 1. The van der Waals surface area contributed by atoms with Crippen LogP contribution in [0.5, 0.6) is 0 Å². The van der Waals surface area contributed by atoms with Crippen LogP contribution in [0, 0.1) is 0 Å². The average molecular weight is 323 g/mol. The molecule has 1 fully saturated rings. The number of hydrogen-bond donors (Lipinski definition) is 2. The zero-order valence-corrected chi connectivity index (χ0v) is 13.0. The fourth-order valence-electron chi connectivity index (χ4n) is 2.70. The maximum Gasteiger partial charge on any atom is 0.224 e. The van der Waals surface area contributed by atoms with Gasteiger partial charge in [-0.15, -0.1) is 0 Å². The van der Waals surface area contributed by atoms with Gasteiger partial charge in [0.1, 0.15) is 0 Å². The van der Waals surface area contributed by atoms with Crippen molar-refractivity contribution in [3.8, 4) is 11.3 Å². The molecule has 3 aromatic rings. The third-order valence-electron chi connectivity index (χ3n) is 3.92. The fraction of sp³-hybridized carbons (Fsp3) is 0.250. The Morgan fingerprint density at radius 2 is 1.71 bits per heavy atom. The lowest BCUT2D eigenvalue weighted by Gasteiger charge is -2.28. The van der Waals surface area contributed by atoms with Crippen LogP contribution in [0.2, 0.25) is 0 Å². The monoisotopic (exact) mass is 323 g/mol. The summed E-state index contributed by atoms with van der Waals surface area (Å²) in [4.78, 5) is 19.8. The smallest absolute Gasteiger partial charge is 0.224 e. The molecule has 0 spiro atoms. The Balaban J connectivity index is 1.85. The topological polar surface area (TPSA) is 116 Å². The van der Waals surface area contributed by atoms with E-state index < -0.39 is 0 Å². The fourth-order valence-corrected chi connectivity index (χ4v) is 2.70. The minimum Gasteiger partial charge on any atom is -0.399 e. The van der Waals surface area contributed by atoms with Crippen molar-refractivity contribution in [2.75, 3.05) is 42.7 Å². The van der Waals surface area contributed by atoms with E-state index in [4.69, 9.17) is 21.2 Å². The third-order valence-corrected chi connectivity index (χ3v) is 3.92. The molecule has 0 bridgehead atoms. The minimum absolute atomic E-state index is 0.193. The lowest BCUT2D eigenvalue weighted by Crippen LogP contribution is -2.37. The maximum absolute atomic E-state index is 5.84.